The minimum absolute atomic E-state index is 0.0942. The van der Waals surface area contributed by atoms with Gasteiger partial charge in [0.1, 0.15) is 0 Å². The number of nitrogens with zero attached hydrogens (tertiary/aromatic N) is 1. The number of ether oxygens (including phenoxy) is 1. The van der Waals surface area contributed by atoms with E-state index >= 15 is 0 Å². The summed E-state index contributed by atoms with van der Waals surface area (Å²) in [5.74, 6) is 0.262. The molecule has 134 valence electrons. The van der Waals surface area contributed by atoms with Gasteiger partial charge >= 0.3 is 5.91 Å². The molecular weight excluding hydrogens is 328 g/mol. The summed E-state index contributed by atoms with van der Waals surface area (Å²) in [4.78, 5) is 28.3. The number of amides is 2. The van der Waals surface area contributed by atoms with Crippen LogP contribution in [0, 0.1) is 5.92 Å². The largest absolute Gasteiger partial charge is 0.474 e. The molecule has 1 heterocycles. The highest BCUT2D eigenvalue weighted by Gasteiger charge is 2.26. The normalized spacial score (nSPS) is 20.0. The minimum Gasteiger partial charge on any atom is -0.474 e. The third-order valence-electron chi connectivity index (χ3n) is 4.13. The molecule has 1 atom stereocenters. The van der Waals surface area contributed by atoms with E-state index in [1.165, 1.54) is 0 Å². The third-order valence-corrected chi connectivity index (χ3v) is 4.13. The van der Waals surface area contributed by atoms with E-state index < -0.39 is 5.91 Å². The van der Waals surface area contributed by atoms with E-state index in [2.05, 4.69) is 24.2 Å². The Bertz CT molecular complexity index is 814. The number of aliphatic imine (C=N–C) groups is 1. The molecule has 2 aliphatic rings. The standard InChI is InChI=1S/C21H22N2O3/c1-14(2)11-12-22-20(24)16-9-7-15(8-10-16)13-19-21(25)23-17-5-3-4-6-18(17)26-19/h3-10,13-14,18H,11-12H2,1-2H3,(H,22,24)/b19-13-. The lowest BCUT2D eigenvalue weighted by molar-refractivity contribution is -0.118. The zero-order chi connectivity index (χ0) is 18.5. The molecule has 0 saturated heterocycles. The summed E-state index contributed by atoms with van der Waals surface area (Å²) in [7, 11) is 0. The summed E-state index contributed by atoms with van der Waals surface area (Å²) in [6.07, 6.45) is 9.58. The zero-order valence-corrected chi connectivity index (χ0v) is 14.9. The number of fused-ring (bicyclic) bond motifs is 1. The Hall–Kier alpha value is -2.95. The molecule has 0 bridgehead atoms. The van der Waals surface area contributed by atoms with E-state index in [0.717, 1.165) is 12.0 Å². The van der Waals surface area contributed by atoms with Crippen molar-refractivity contribution in [2.24, 2.45) is 10.9 Å². The summed E-state index contributed by atoms with van der Waals surface area (Å²) in [5, 5.41) is 2.90. The van der Waals surface area contributed by atoms with Crippen molar-refractivity contribution in [3.05, 3.63) is 65.5 Å². The average molecular weight is 350 g/mol. The number of carbonyl (C=O) groups is 2. The van der Waals surface area contributed by atoms with Crippen molar-refractivity contribution in [1.82, 2.24) is 5.32 Å². The first kappa shape index (κ1) is 17.9. The highest BCUT2D eigenvalue weighted by atomic mass is 16.5. The van der Waals surface area contributed by atoms with Crippen molar-refractivity contribution in [2.75, 3.05) is 6.54 Å². The Morgan fingerprint density at radius 2 is 2.04 bits per heavy atom. The van der Waals surface area contributed by atoms with Gasteiger partial charge in [0.05, 0.1) is 5.71 Å². The molecule has 26 heavy (non-hydrogen) atoms. The molecule has 1 aliphatic heterocycles. The Morgan fingerprint density at radius 3 is 2.77 bits per heavy atom. The van der Waals surface area contributed by atoms with Crippen molar-refractivity contribution < 1.29 is 14.3 Å². The highest BCUT2D eigenvalue weighted by Crippen LogP contribution is 2.20. The molecule has 2 amide bonds. The van der Waals surface area contributed by atoms with Gasteiger partial charge in [0.25, 0.3) is 5.91 Å². The minimum atomic E-state index is -0.397. The third kappa shape index (κ3) is 4.36. The molecule has 1 aromatic carbocycles. The summed E-state index contributed by atoms with van der Waals surface area (Å²) in [6.45, 7) is 4.90. The molecular formula is C21H22N2O3. The first-order valence-corrected chi connectivity index (χ1v) is 8.77. The summed E-state index contributed by atoms with van der Waals surface area (Å²) in [5.41, 5.74) is 1.98. The van der Waals surface area contributed by atoms with Crippen LogP contribution in [-0.4, -0.2) is 30.2 Å². The molecule has 5 heteroatoms. The predicted octanol–water partition coefficient (Wildman–Crippen LogP) is 3.30. The van der Waals surface area contributed by atoms with Gasteiger partial charge in [0.2, 0.25) is 0 Å². The van der Waals surface area contributed by atoms with Crippen LogP contribution in [0.1, 0.15) is 36.2 Å². The fourth-order valence-electron chi connectivity index (χ4n) is 2.63. The summed E-state index contributed by atoms with van der Waals surface area (Å²) in [6, 6.07) is 7.05. The Kier molecular flexibility index (Phi) is 5.46. The van der Waals surface area contributed by atoms with Gasteiger partial charge in [-0.2, -0.15) is 0 Å². The second-order valence-corrected chi connectivity index (χ2v) is 6.69. The van der Waals surface area contributed by atoms with E-state index in [1.54, 1.807) is 36.4 Å². The van der Waals surface area contributed by atoms with E-state index in [0.29, 0.717) is 23.7 Å². The quantitative estimate of drug-likeness (QED) is 0.829. The number of rotatable bonds is 5. The van der Waals surface area contributed by atoms with Crippen LogP contribution in [0.3, 0.4) is 0 Å². The Morgan fingerprint density at radius 1 is 1.27 bits per heavy atom. The second-order valence-electron chi connectivity index (χ2n) is 6.69. The fraction of sp³-hybridized carbons (Fsp3) is 0.286. The van der Waals surface area contributed by atoms with Crippen molar-refractivity contribution in [2.45, 2.75) is 26.4 Å². The van der Waals surface area contributed by atoms with E-state index in [1.807, 2.05) is 18.2 Å². The van der Waals surface area contributed by atoms with Crippen molar-refractivity contribution >= 4 is 23.6 Å². The number of nitrogens with one attached hydrogen (secondary N) is 1. The van der Waals surface area contributed by atoms with Gasteiger partial charge in [-0.15, -0.1) is 0 Å². The lowest BCUT2D eigenvalue weighted by atomic mass is 10.1. The molecule has 0 radical (unpaired) electrons. The Labute approximate surface area is 153 Å². The monoisotopic (exact) mass is 350 g/mol. The number of benzene rings is 1. The van der Waals surface area contributed by atoms with Gasteiger partial charge in [0.15, 0.2) is 11.9 Å². The average Bonchev–Trinajstić information content (AvgIpc) is 2.62. The first-order valence-electron chi connectivity index (χ1n) is 8.77. The summed E-state index contributed by atoms with van der Waals surface area (Å²) < 4.78 is 5.72. The second kappa shape index (κ2) is 7.95. The molecule has 0 fully saturated rings. The molecule has 1 aromatic rings. The molecule has 1 unspecified atom stereocenters. The van der Waals surface area contributed by atoms with Gasteiger partial charge in [-0.25, -0.2) is 4.99 Å². The SMILES string of the molecule is CC(C)CCNC(=O)c1ccc(/C=C2\OC3C=CC=CC3=NC2=O)cc1. The zero-order valence-electron chi connectivity index (χ0n) is 14.9. The number of allylic oxidation sites excluding steroid dienone is 2. The van der Waals surface area contributed by atoms with Crippen molar-refractivity contribution in [3.63, 3.8) is 0 Å². The molecule has 5 nitrogen and oxygen atoms in total. The van der Waals surface area contributed by atoms with E-state index in [-0.39, 0.29) is 17.8 Å². The van der Waals surface area contributed by atoms with E-state index in [4.69, 9.17) is 4.74 Å². The topological polar surface area (TPSA) is 67.8 Å². The Balaban J connectivity index is 1.67. The molecule has 1 N–H and O–H groups in total. The maximum atomic E-state index is 12.1. The molecule has 0 saturated carbocycles. The van der Waals surface area contributed by atoms with Crippen LogP contribution >= 0.6 is 0 Å². The van der Waals surface area contributed by atoms with Crippen LogP contribution in [0.4, 0.5) is 0 Å². The molecule has 0 spiro atoms. The van der Waals surface area contributed by atoms with Crippen molar-refractivity contribution in [3.8, 4) is 0 Å². The number of hydrogen-bond acceptors (Lipinski definition) is 3. The van der Waals surface area contributed by atoms with Crippen LogP contribution in [-0.2, 0) is 9.53 Å². The molecule has 1 aliphatic carbocycles. The molecule has 3 rings (SSSR count). The van der Waals surface area contributed by atoms with Gasteiger partial charge in [-0.3, -0.25) is 9.59 Å². The lowest BCUT2D eigenvalue weighted by Gasteiger charge is -2.22. The molecule has 0 aromatic heterocycles. The predicted molar refractivity (Wildman–Crippen MR) is 102 cm³/mol. The van der Waals surface area contributed by atoms with Crippen LogP contribution in [0.25, 0.3) is 6.08 Å². The van der Waals surface area contributed by atoms with Crippen molar-refractivity contribution in [1.29, 1.82) is 0 Å². The van der Waals surface area contributed by atoms with Gasteiger partial charge < -0.3 is 10.1 Å². The fourth-order valence-corrected chi connectivity index (χ4v) is 2.63. The van der Waals surface area contributed by atoms with Gasteiger partial charge in [-0.05, 0) is 48.3 Å². The number of carbonyl (C=O) groups excluding carboxylic acids is 2. The maximum Gasteiger partial charge on any atom is 0.312 e. The van der Waals surface area contributed by atoms with Crippen LogP contribution in [0.2, 0.25) is 0 Å². The highest BCUT2D eigenvalue weighted by molar-refractivity contribution is 6.13. The van der Waals surface area contributed by atoms with Crippen LogP contribution in [0.5, 0.6) is 0 Å². The smallest absolute Gasteiger partial charge is 0.312 e. The summed E-state index contributed by atoms with van der Waals surface area (Å²) >= 11 is 0. The lowest BCUT2D eigenvalue weighted by Crippen LogP contribution is -2.29. The van der Waals surface area contributed by atoms with Crippen LogP contribution in [0.15, 0.2) is 59.3 Å². The van der Waals surface area contributed by atoms with Crippen LogP contribution < -0.4 is 5.32 Å². The van der Waals surface area contributed by atoms with E-state index in [9.17, 15) is 9.59 Å². The van der Waals surface area contributed by atoms with Gasteiger partial charge in [0, 0.05) is 12.1 Å². The number of hydrogen-bond donors (Lipinski definition) is 1. The maximum absolute atomic E-state index is 12.1. The van der Waals surface area contributed by atoms with Gasteiger partial charge in [-0.1, -0.05) is 38.1 Å². The first-order chi connectivity index (χ1) is 12.5.